The summed E-state index contributed by atoms with van der Waals surface area (Å²) in [6, 6.07) is 14.9. The van der Waals surface area contributed by atoms with E-state index in [1.165, 1.54) is 0 Å². The average Bonchev–Trinajstić information content (AvgIpc) is 3.19. The number of nitrogens with one attached hydrogen (secondary N) is 3. The summed E-state index contributed by atoms with van der Waals surface area (Å²) in [6.45, 7) is 1.82. The first-order valence-corrected chi connectivity index (χ1v) is 11.1. The molecule has 1 spiro atoms. The van der Waals surface area contributed by atoms with E-state index in [-0.39, 0.29) is 5.91 Å². The number of hydrogen-bond acceptors (Lipinski definition) is 4. The lowest BCUT2D eigenvalue weighted by molar-refractivity contribution is -0.120. The molecule has 0 aliphatic carbocycles. The van der Waals surface area contributed by atoms with Crippen molar-refractivity contribution >= 4 is 52.1 Å². The van der Waals surface area contributed by atoms with Gasteiger partial charge in [-0.2, -0.15) is 0 Å². The highest BCUT2D eigenvalue weighted by atomic mass is 35.5. The van der Waals surface area contributed by atoms with Gasteiger partial charge in [0.05, 0.1) is 10.7 Å². The average molecular weight is 477 g/mol. The molecule has 3 N–H and O–H groups in total. The number of piperidine rings is 1. The third-order valence-electron chi connectivity index (χ3n) is 5.40. The van der Waals surface area contributed by atoms with E-state index in [0.717, 1.165) is 11.3 Å². The van der Waals surface area contributed by atoms with Crippen molar-refractivity contribution in [2.24, 2.45) is 0 Å². The second-order valence-electron chi connectivity index (χ2n) is 7.53. The quantitative estimate of drug-likeness (QED) is 0.572. The Balaban J connectivity index is 1.30. The zero-order chi connectivity index (χ0) is 21.8. The number of hydroxylamine groups is 1. The van der Waals surface area contributed by atoms with E-state index < -0.39 is 5.60 Å². The number of benzene rings is 2. The summed E-state index contributed by atoms with van der Waals surface area (Å²) in [5.74, 6) is -0.204. The fourth-order valence-electron chi connectivity index (χ4n) is 3.56. The number of amides is 1. The van der Waals surface area contributed by atoms with Crippen LogP contribution in [0.4, 0.5) is 5.69 Å². The summed E-state index contributed by atoms with van der Waals surface area (Å²) < 4.78 is 0. The normalized spacial score (nSPS) is 17.1. The molecule has 2 aromatic carbocycles. The van der Waals surface area contributed by atoms with Crippen LogP contribution < -0.4 is 16.1 Å². The van der Waals surface area contributed by atoms with Gasteiger partial charge in [0.15, 0.2) is 5.11 Å². The maximum atomic E-state index is 12.5. The van der Waals surface area contributed by atoms with Gasteiger partial charge in [-0.25, -0.2) is 0 Å². The van der Waals surface area contributed by atoms with Gasteiger partial charge in [0, 0.05) is 37.5 Å². The summed E-state index contributed by atoms with van der Waals surface area (Å²) in [5, 5.41) is 8.01. The van der Waals surface area contributed by atoms with Gasteiger partial charge in [-0.15, -0.1) is 0 Å². The van der Waals surface area contributed by atoms with Crippen molar-refractivity contribution in [1.82, 2.24) is 15.7 Å². The SMILES string of the molecule is O=C(NCc1ccc(Cl)cc1)C1=CC2(CCN(C(=S)Nc3ccccc3Cl)CC2)ON1. The fourth-order valence-corrected chi connectivity index (χ4v) is 4.16. The highest BCUT2D eigenvalue weighted by Gasteiger charge is 2.40. The van der Waals surface area contributed by atoms with Crippen LogP contribution in [0.25, 0.3) is 0 Å². The molecule has 0 aromatic heterocycles. The molecule has 9 heteroatoms. The van der Waals surface area contributed by atoms with Crippen molar-refractivity contribution in [1.29, 1.82) is 0 Å². The third-order valence-corrected chi connectivity index (χ3v) is 6.34. The topological polar surface area (TPSA) is 65.6 Å². The van der Waals surface area contributed by atoms with Crippen molar-refractivity contribution in [3.63, 3.8) is 0 Å². The Morgan fingerprint density at radius 3 is 2.55 bits per heavy atom. The molecule has 0 bridgehead atoms. The number of para-hydroxylation sites is 1. The number of thiocarbonyl (C=S) groups is 1. The van der Waals surface area contributed by atoms with Crippen LogP contribution in [-0.4, -0.2) is 34.6 Å². The fraction of sp³-hybridized carbons (Fsp3) is 0.273. The number of carbonyl (C=O) groups excluding carboxylic acids is 1. The van der Waals surface area contributed by atoms with E-state index in [0.29, 0.717) is 53.3 Å². The van der Waals surface area contributed by atoms with Crippen LogP contribution in [0.1, 0.15) is 18.4 Å². The number of halogens is 2. The minimum Gasteiger partial charge on any atom is -0.349 e. The van der Waals surface area contributed by atoms with E-state index in [2.05, 4.69) is 21.0 Å². The van der Waals surface area contributed by atoms with Gasteiger partial charge in [-0.1, -0.05) is 47.5 Å². The standard InChI is InChI=1S/C22H22Cl2N4O2S/c23-16-7-5-15(6-8-16)14-25-20(29)19-13-22(30-27-19)9-11-28(12-10-22)21(31)26-18-4-2-1-3-17(18)24/h1-8,13,27H,9-12,14H2,(H,25,29)(H,26,31). The highest BCUT2D eigenvalue weighted by molar-refractivity contribution is 7.80. The summed E-state index contributed by atoms with van der Waals surface area (Å²) in [5.41, 5.74) is 4.47. The molecule has 1 saturated heterocycles. The number of hydrogen-bond donors (Lipinski definition) is 3. The Kier molecular flexibility index (Phi) is 6.67. The van der Waals surface area contributed by atoms with Gasteiger partial charge in [0.2, 0.25) is 0 Å². The number of rotatable bonds is 4. The highest BCUT2D eigenvalue weighted by Crippen LogP contribution is 2.32. The van der Waals surface area contributed by atoms with Gasteiger partial charge in [0.25, 0.3) is 5.91 Å². The molecule has 4 rings (SSSR count). The molecule has 0 radical (unpaired) electrons. The molecule has 2 aliphatic heterocycles. The van der Waals surface area contributed by atoms with Crippen molar-refractivity contribution in [2.45, 2.75) is 25.0 Å². The molecule has 1 fully saturated rings. The first-order valence-electron chi connectivity index (χ1n) is 9.94. The largest absolute Gasteiger partial charge is 0.349 e. The van der Waals surface area contributed by atoms with E-state index in [1.807, 2.05) is 42.5 Å². The number of anilines is 1. The number of nitrogens with zero attached hydrogens (tertiary/aromatic N) is 1. The molecule has 6 nitrogen and oxygen atoms in total. The Morgan fingerprint density at radius 1 is 1.13 bits per heavy atom. The Bertz CT molecular complexity index is 1000. The van der Waals surface area contributed by atoms with Gasteiger partial charge >= 0.3 is 0 Å². The first kappa shape index (κ1) is 21.9. The zero-order valence-corrected chi connectivity index (χ0v) is 19.0. The van der Waals surface area contributed by atoms with E-state index in [1.54, 1.807) is 12.1 Å². The summed E-state index contributed by atoms with van der Waals surface area (Å²) in [7, 11) is 0. The van der Waals surface area contributed by atoms with E-state index in [4.69, 9.17) is 40.3 Å². The van der Waals surface area contributed by atoms with E-state index >= 15 is 0 Å². The second kappa shape index (κ2) is 9.44. The van der Waals surface area contributed by atoms with Crippen molar-refractivity contribution in [3.05, 3.63) is 75.9 Å². The maximum absolute atomic E-state index is 12.5. The smallest absolute Gasteiger partial charge is 0.269 e. The summed E-state index contributed by atoms with van der Waals surface area (Å²) in [6.07, 6.45) is 3.29. The van der Waals surface area contributed by atoms with E-state index in [9.17, 15) is 4.79 Å². The van der Waals surface area contributed by atoms with Crippen LogP contribution in [-0.2, 0) is 16.2 Å². The molecule has 0 atom stereocenters. The van der Waals surface area contributed by atoms with Gasteiger partial charge in [-0.3, -0.25) is 15.1 Å². The molecule has 162 valence electrons. The molecule has 0 saturated carbocycles. The maximum Gasteiger partial charge on any atom is 0.269 e. The van der Waals surface area contributed by atoms with Crippen LogP contribution in [0.2, 0.25) is 10.0 Å². The lowest BCUT2D eigenvalue weighted by atomic mass is 9.91. The summed E-state index contributed by atoms with van der Waals surface area (Å²) in [4.78, 5) is 20.4. The summed E-state index contributed by atoms with van der Waals surface area (Å²) >= 11 is 17.6. The lowest BCUT2D eigenvalue weighted by Crippen LogP contribution is -2.48. The first-order chi connectivity index (χ1) is 14.9. The van der Waals surface area contributed by atoms with Crippen LogP contribution >= 0.6 is 35.4 Å². The molecule has 2 aromatic rings. The zero-order valence-electron chi connectivity index (χ0n) is 16.7. The third kappa shape index (κ3) is 5.30. The molecule has 2 aliphatic rings. The molecular weight excluding hydrogens is 455 g/mol. The molecule has 1 amide bonds. The minimum absolute atomic E-state index is 0.204. The number of likely N-dealkylation sites (tertiary alicyclic amines) is 1. The molecule has 31 heavy (non-hydrogen) atoms. The van der Waals surface area contributed by atoms with Crippen molar-refractivity contribution < 1.29 is 9.63 Å². The molecule has 0 unspecified atom stereocenters. The van der Waals surface area contributed by atoms with Crippen LogP contribution in [0.3, 0.4) is 0 Å². The Morgan fingerprint density at radius 2 is 1.84 bits per heavy atom. The predicted molar refractivity (Wildman–Crippen MR) is 127 cm³/mol. The Hall–Kier alpha value is -2.32. The molecular formula is C22H22Cl2N4O2S. The second-order valence-corrected chi connectivity index (χ2v) is 8.76. The number of carbonyl (C=O) groups is 1. The Labute approximate surface area is 196 Å². The lowest BCUT2D eigenvalue weighted by Gasteiger charge is -2.38. The molecule has 2 heterocycles. The van der Waals surface area contributed by atoms with Crippen LogP contribution in [0.15, 0.2) is 60.3 Å². The van der Waals surface area contributed by atoms with Gasteiger partial charge in [0.1, 0.15) is 11.3 Å². The van der Waals surface area contributed by atoms with Crippen LogP contribution in [0.5, 0.6) is 0 Å². The predicted octanol–water partition coefficient (Wildman–Crippen LogP) is 4.26. The minimum atomic E-state index is -0.510. The van der Waals surface area contributed by atoms with Crippen molar-refractivity contribution in [3.8, 4) is 0 Å². The monoisotopic (exact) mass is 476 g/mol. The van der Waals surface area contributed by atoms with Gasteiger partial charge < -0.3 is 15.5 Å². The van der Waals surface area contributed by atoms with Gasteiger partial charge in [-0.05, 0) is 48.1 Å². The van der Waals surface area contributed by atoms with Crippen molar-refractivity contribution in [2.75, 3.05) is 18.4 Å². The van der Waals surface area contributed by atoms with Crippen LogP contribution in [0, 0.1) is 0 Å².